The van der Waals surface area contributed by atoms with E-state index in [9.17, 15) is 9.59 Å². The minimum atomic E-state index is -1.06. The van der Waals surface area contributed by atoms with Crippen molar-refractivity contribution < 1.29 is 9.59 Å². The van der Waals surface area contributed by atoms with Crippen molar-refractivity contribution in [2.75, 3.05) is 5.32 Å². The summed E-state index contributed by atoms with van der Waals surface area (Å²) in [4.78, 5) is 24.8. The molecule has 0 spiro atoms. The zero-order valence-corrected chi connectivity index (χ0v) is 9.33. The number of amides is 2. The predicted octanol–water partition coefficient (Wildman–Crippen LogP) is 0.737. The highest BCUT2D eigenvalue weighted by Crippen LogP contribution is 2.08. The fourth-order valence-corrected chi connectivity index (χ4v) is 0.739. The molecule has 0 saturated heterocycles. The number of carbonyl (C=O) groups is 2. The highest BCUT2D eigenvalue weighted by atomic mass is 79.9. The minimum absolute atomic E-state index is 0. The zero-order valence-electron chi connectivity index (χ0n) is 6.86. The summed E-state index contributed by atoms with van der Waals surface area (Å²) < 4.78 is 0. The minimum Gasteiger partial charge on any atom is -0.361 e. The maximum Gasteiger partial charge on any atom is 0.314 e. The second kappa shape index (κ2) is 5.56. The van der Waals surface area contributed by atoms with Gasteiger partial charge in [0.15, 0.2) is 0 Å². The SMILES string of the molecule is Br.NC(=O)C(=O)Nc1ccc(Cl)cn1. The Bertz CT molecular complexity index is 341. The van der Waals surface area contributed by atoms with Gasteiger partial charge in [-0.05, 0) is 12.1 Å². The molecular weight excluding hydrogens is 273 g/mol. The smallest absolute Gasteiger partial charge is 0.314 e. The number of nitrogens with one attached hydrogen (secondary N) is 1. The van der Waals surface area contributed by atoms with E-state index in [0.717, 1.165) is 0 Å². The monoisotopic (exact) mass is 279 g/mol. The van der Waals surface area contributed by atoms with E-state index in [2.05, 4.69) is 10.3 Å². The fraction of sp³-hybridized carbons (Fsp3) is 0. The summed E-state index contributed by atoms with van der Waals surface area (Å²) in [5, 5.41) is 2.63. The first kappa shape index (κ1) is 12.9. The van der Waals surface area contributed by atoms with Crippen LogP contribution in [0.2, 0.25) is 5.02 Å². The normalized spacial score (nSPS) is 8.64. The molecule has 3 N–H and O–H groups in total. The molecule has 14 heavy (non-hydrogen) atoms. The van der Waals surface area contributed by atoms with Crippen LogP contribution in [-0.2, 0) is 9.59 Å². The molecule has 1 aromatic rings. The van der Waals surface area contributed by atoms with Gasteiger partial charge in [0.25, 0.3) is 0 Å². The number of nitrogens with zero attached hydrogens (tertiary/aromatic N) is 1. The van der Waals surface area contributed by atoms with Crippen LogP contribution >= 0.6 is 28.6 Å². The Balaban J connectivity index is 0.00000169. The molecular formula is C7H7BrClN3O2. The summed E-state index contributed by atoms with van der Waals surface area (Å²) >= 11 is 5.54. The molecule has 0 aromatic carbocycles. The van der Waals surface area contributed by atoms with Crippen LogP contribution in [-0.4, -0.2) is 16.8 Å². The molecule has 0 saturated carbocycles. The molecule has 0 bridgehead atoms. The van der Waals surface area contributed by atoms with Gasteiger partial charge in [-0.15, -0.1) is 17.0 Å². The van der Waals surface area contributed by atoms with E-state index in [4.69, 9.17) is 17.3 Å². The highest BCUT2D eigenvalue weighted by molar-refractivity contribution is 8.93. The number of nitrogens with two attached hydrogens (primary N) is 1. The van der Waals surface area contributed by atoms with Gasteiger partial charge >= 0.3 is 11.8 Å². The predicted molar refractivity (Wildman–Crippen MR) is 57.4 cm³/mol. The number of hydrogen-bond acceptors (Lipinski definition) is 3. The molecule has 1 aromatic heterocycles. The lowest BCUT2D eigenvalue weighted by atomic mass is 10.4. The zero-order chi connectivity index (χ0) is 9.84. The Labute approximate surface area is 95.4 Å². The summed E-state index contributed by atoms with van der Waals surface area (Å²) in [5.41, 5.74) is 4.71. The molecule has 1 heterocycles. The van der Waals surface area contributed by atoms with Gasteiger partial charge in [-0.25, -0.2) is 4.98 Å². The summed E-state index contributed by atoms with van der Waals surface area (Å²) in [6, 6.07) is 2.99. The van der Waals surface area contributed by atoms with Gasteiger partial charge in [0.05, 0.1) is 5.02 Å². The lowest BCUT2D eigenvalue weighted by molar-refractivity contribution is -0.134. The number of halogens is 2. The number of pyridine rings is 1. The topological polar surface area (TPSA) is 85.1 Å². The summed E-state index contributed by atoms with van der Waals surface area (Å²) in [6.45, 7) is 0. The van der Waals surface area contributed by atoms with E-state index in [1.165, 1.54) is 18.3 Å². The van der Waals surface area contributed by atoms with Crippen molar-refractivity contribution in [1.29, 1.82) is 0 Å². The first-order valence-corrected chi connectivity index (χ1v) is 3.70. The Morgan fingerprint density at radius 2 is 2.07 bits per heavy atom. The second-order valence-electron chi connectivity index (χ2n) is 2.18. The first-order chi connectivity index (χ1) is 6.09. The molecule has 0 fully saturated rings. The Hall–Kier alpha value is -1.14. The third-order valence-corrected chi connectivity index (χ3v) is 1.42. The molecule has 0 radical (unpaired) electrons. The maximum absolute atomic E-state index is 10.7. The molecule has 7 heteroatoms. The van der Waals surface area contributed by atoms with Gasteiger partial charge in [-0.3, -0.25) is 9.59 Å². The number of carbonyl (C=O) groups excluding carboxylic acids is 2. The van der Waals surface area contributed by atoms with Crippen LogP contribution in [0.3, 0.4) is 0 Å². The Morgan fingerprint density at radius 1 is 1.43 bits per heavy atom. The molecule has 5 nitrogen and oxygen atoms in total. The first-order valence-electron chi connectivity index (χ1n) is 3.32. The van der Waals surface area contributed by atoms with E-state index < -0.39 is 11.8 Å². The molecule has 0 aliphatic rings. The van der Waals surface area contributed by atoms with Gasteiger partial charge in [0, 0.05) is 6.20 Å². The molecule has 0 aliphatic heterocycles. The van der Waals surface area contributed by atoms with Gasteiger partial charge in [0.2, 0.25) is 0 Å². The largest absolute Gasteiger partial charge is 0.361 e. The van der Waals surface area contributed by atoms with Gasteiger partial charge < -0.3 is 11.1 Å². The highest BCUT2D eigenvalue weighted by Gasteiger charge is 2.08. The number of primary amides is 1. The van der Waals surface area contributed by atoms with Gasteiger partial charge in [0.1, 0.15) is 5.82 Å². The van der Waals surface area contributed by atoms with Crippen molar-refractivity contribution in [2.24, 2.45) is 5.73 Å². The standard InChI is InChI=1S/C7H6ClN3O2.BrH/c8-4-1-2-5(10-3-4)11-7(13)6(9)12;/h1-3H,(H2,9,12)(H,10,11,13);1H. The fourth-order valence-electron chi connectivity index (χ4n) is 0.628. The van der Waals surface area contributed by atoms with E-state index >= 15 is 0 Å². The van der Waals surface area contributed by atoms with Crippen LogP contribution in [0.25, 0.3) is 0 Å². The lowest BCUT2D eigenvalue weighted by Gasteiger charge is -1.99. The molecule has 0 atom stereocenters. The van der Waals surface area contributed by atoms with Crippen molar-refractivity contribution in [3.05, 3.63) is 23.4 Å². The lowest BCUT2D eigenvalue weighted by Crippen LogP contribution is -2.29. The van der Waals surface area contributed by atoms with Crippen molar-refractivity contribution in [3.8, 4) is 0 Å². The quantitative estimate of drug-likeness (QED) is 0.744. The Kier molecular flexibility index (Phi) is 5.11. The average Bonchev–Trinajstić information content (AvgIpc) is 2.08. The molecule has 2 amide bonds. The summed E-state index contributed by atoms with van der Waals surface area (Å²) in [5.74, 6) is -1.74. The van der Waals surface area contributed by atoms with Gasteiger partial charge in [-0.2, -0.15) is 0 Å². The second-order valence-corrected chi connectivity index (χ2v) is 2.62. The third kappa shape index (κ3) is 3.71. The van der Waals surface area contributed by atoms with Crippen molar-refractivity contribution in [1.82, 2.24) is 4.98 Å². The van der Waals surface area contributed by atoms with Gasteiger partial charge in [-0.1, -0.05) is 11.6 Å². The van der Waals surface area contributed by atoms with Crippen LogP contribution in [0.4, 0.5) is 5.82 Å². The molecule has 0 unspecified atom stereocenters. The van der Waals surface area contributed by atoms with Crippen LogP contribution < -0.4 is 11.1 Å². The maximum atomic E-state index is 10.7. The van der Waals surface area contributed by atoms with E-state index in [1.807, 2.05) is 0 Å². The molecule has 0 aliphatic carbocycles. The number of anilines is 1. The van der Waals surface area contributed by atoms with Crippen molar-refractivity contribution in [3.63, 3.8) is 0 Å². The van der Waals surface area contributed by atoms with E-state index in [-0.39, 0.29) is 22.8 Å². The van der Waals surface area contributed by atoms with Crippen LogP contribution in [0.1, 0.15) is 0 Å². The summed E-state index contributed by atoms with van der Waals surface area (Å²) in [7, 11) is 0. The van der Waals surface area contributed by atoms with Crippen LogP contribution in [0, 0.1) is 0 Å². The molecule has 76 valence electrons. The average molecular weight is 281 g/mol. The van der Waals surface area contributed by atoms with Crippen molar-refractivity contribution >= 4 is 46.2 Å². The van der Waals surface area contributed by atoms with Crippen molar-refractivity contribution in [2.45, 2.75) is 0 Å². The summed E-state index contributed by atoms with van der Waals surface area (Å²) in [6.07, 6.45) is 1.35. The Morgan fingerprint density at radius 3 is 2.50 bits per heavy atom. The van der Waals surface area contributed by atoms with Crippen LogP contribution in [0.15, 0.2) is 18.3 Å². The van der Waals surface area contributed by atoms with E-state index in [0.29, 0.717) is 5.02 Å². The van der Waals surface area contributed by atoms with Crippen LogP contribution in [0.5, 0.6) is 0 Å². The number of hydrogen-bond donors (Lipinski definition) is 2. The third-order valence-electron chi connectivity index (χ3n) is 1.19. The number of aromatic nitrogens is 1. The van der Waals surface area contributed by atoms with E-state index in [1.54, 1.807) is 0 Å². The number of rotatable bonds is 1. The molecule has 1 rings (SSSR count).